The Morgan fingerprint density at radius 2 is 2.04 bits per heavy atom. The van der Waals surface area contributed by atoms with Crippen LogP contribution in [0.5, 0.6) is 5.75 Å². The van der Waals surface area contributed by atoms with E-state index in [-0.39, 0.29) is 5.54 Å². The van der Waals surface area contributed by atoms with Gasteiger partial charge in [0.05, 0.1) is 12.1 Å². The maximum absolute atomic E-state index is 6.87. The van der Waals surface area contributed by atoms with Crippen molar-refractivity contribution < 1.29 is 4.74 Å². The average Bonchev–Trinajstić information content (AvgIpc) is 2.49. The molecule has 128 valence electrons. The van der Waals surface area contributed by atoms with Crippen LogP contribution in [0.25, 0.3) is 11.1 Å². The number of benzene rings is 2. The highest BCUT2D eigenvalue weighted by molar-refractivity contribution is 6.35. The van der Waals surface area contributed by atoms with E-state index in [2.05, 4.69) is 39.1 Å². The van der Waals surface area contributed by atoms with Crippen LogP contribution in [0.15, 0.2) is 24.3 Å². The molecule has 1 atom stereocenters. The molecule has 2 aromatic rings. The third-order valence-electron chi connectivity index (χ3n) is 4.82. The molecule has 0 amide bonds. The van der Waals surface area contributed by atoms with E-state index in [0.717, 1.165) is 34.0 Å². The number of hydrogen-bond donors (Lipinski definition) is 2. The number of nitrogens with one attached hydrogen (secondary N) is 1. The van der Waals surface area contributed by atoms with Crippen molar-refractivity contribution in [1.82, 2.24) is 0 Å². The van der Waals surface area contributed by atoms with Crippen molar-refractivity contribution in [3.8, 4) is 16.9 Å². The first-order chi connectivity index (χ1) is 11.2. The van der Waals surface area contributed by atoms with Crippen LogP contribution in [0.1, 0.15) is 44.2 Å². The van der Waals surface area contributed by atoms with Gasteiger partial charge in [-0.3, -0.25) is 0 Å². The quantitative estimate of drug-likeness (QED) is 0.696. The maximum atomic E-state index is 6.87. The zero-order valence-corrected chi connectivity index (χ0v) is 15.7. The van der Waals surface area contributed by atoms with Crippen LogP contribution in [-0.4, -0.2) is 12.6 Å². The van der Waals surface area contributed by atoms with E-state index in [4.69, 9.17) is 22.1 Å². The van der Waals surface area contributed by atoms with Gasteiger partial charge >= 0.3 is 0 Å². The summed E-state index contributed by atoms with van der Waals surface area (Å²) in [5, 5.41) is 4.42. The Bertz CT molecular complexity index is 799. The van der Waals surface area contributed by atoms with Crippen molar-refractivity contribution >= 4 is 23.0 Å². The first kappa shape index (κ1) is 17.0. The third kappa shape index (κ3) is 2.71. The van der Waals surface area contributed by atoms with Gasteiger partial charge in [0, 0.05) is 28.0 Å². The molecule has 3 rings (SSSR count). The lowest BCUT2D eigenvalue weighted by atomic mass is 9.79. The fraction of sp³-hybridized carbons (Fsp3) is 0.400. The van der Waals surface area contributed by atoms with E-state index in [1.165, 1.54) is 11.1 Å². The molecule has 0 aromatic heterocycles. The zero-order chi connectivity index (χ0) is 17.6. The van der Waals surface area contributed by atoms with Gasteiger partial charge in [-0.05, 0) is 62.4 Å². The summed E-state index contributed by atoms with van der Waals surface area (Å²) in [4.78, 5) is 0. The highest BCUT2D eigenvalue weighted by Gasteiger charge is 2.33. The van der Waals surface area contributed by atoms with Gasteiger partial charge in [0.1, 0.15) is 5.75 Å². The Hall–Kier alpha value is -1.87. The van der Waals surface area contributed by atoms with Gasteiger partial charge < -0.3 is 15.8 Å². The molecular weight excluding hydrogens is 320 g/mol. The largest absolute Gasteiger partial charge is 0.496 e. The topological polar surface area (TPSA) is 47.3 Å². The van der Waals surface area contributed by atoms with Crippen molar-refractivity contribution in [1.29, 1.82) is 0 Å². The van der Waals surface area contributed by atoms with Gasteiger partial charge in [-0.1, -0.05) is 24.6 Å². The molecule has 1 aliphatic heterocycles. The van der Waals surface area contributed by atoms with Crippen LogP contribution in [0.3, 0.4) is 0 Å². The molecule has 0 spiro atoms. The van der Waals surface area contributed by atoms with E-state index < -0.39 is 0 Å². The zero-order valence-electron chi connectivity index (χ0n) is 15.0. The second-order valence-corrected chi connectivity index (χ2v) is 7.76. The van der Waals surface area contributed by atoms with E-state index in [1.54, 1.807) is 7.11 Å². The second-order valence-electron chi connectivity index (χ2n) is 7.38. The number of halogens is 1. The van der Waals surface area contributed by atoms with Crippen LogP contribution < -0.4 is 15.8 Å². The minimum atomic E-state index is 0.0610. The minimum Gasteiger partial charge on any atom is -0.496 e. The summed E-state index contributed by atoms with van der Waals surface area (Å²) in [5.41, 5.74) is 12.3. The molecule has 2 aromatic carbocycles. The van der Waals surface area contributed by atoms with Gasteiger partial charge in [0.2, 0.25) is 0 Å². The molecule has 0 radical (unpaired) electrons. The van der Waals surface area contributed by atoms with Crippen molar-refractivity contribution in [2.24, 2.45) is 0 Å². The van der Waals surface area contributed by atoms with Crippen LogP contribution in [0.4, 0.5) is 11.4 Å². The lowest BCUT2D eigenvalue weighted by Gasteiger charge is -2.39. The van der Waals surface area contributed by atoms with Crippen LogP contribution in [0, 0.1) is 6.92 Å². The standard InChI is InChI=1S/C20H25ClN2O/c1-11-9-13(17-14(22)7-6-8-15(17)24-5)18(21)16-12(2)10-20(3,4)23-19(11)16/h6-9,12,23H,10,22H2,1-5H3. The average molecular weight is 345 g/mol. The molecule has 0 saturated carbocycles. The first-order valence-corrected chi connectivity index (χ1v) is 8.67. The van der Waals surface area contributed by atoms with Crippen LogP contribution in [-0.2, 0) is 0 Å². The number of nitrogens with two attached hydrogens (primary N) is 1. The number of rotatable bonds is 2. The summed E-state index contributed by atoms with van der Waals surface area (Å²) in [6.45, 7) is 8.81. The predicted octanol–water partition coefficient (Wildman–Crippen LogP) is 5.60. The number of nitrogen functional groups attached to an aromatic ring is 1. The van der Waals surface area contributed by atoms with Crippen LogP contribution in [0.2, 0.25) is 5.02 Å². The highest BCUT2D eigenvalue weighted by Crippen LogP contribution is 2.49. The molecule has 1 heterocycles. The normalized spacial score (nSPS) is 18.7. The SMILES string of the molecule is COc1cccc(N)c1-c1cc(C)c2c(c1Cl)C(C)CC(C)(C)N2. The number of ether oxygens (including phenoxy) is 1. The lowest BCUT2D eigenvalue weighted by Crippen LogP contribution is -2.37. The Labute approximate surface area is 149 Å². The number of methoxy groups -OCH3 is 1. The molecule has 0 aliphatic carbocycles. The van der Waals surface area contributed by atoms with Gasteiger partial charge in [0.25, 0.3) is 0 Å². The molecule has 0 bridgehead atoms. The third-order valence-corrected chi connectivity index (χ3v) is 5.23. The number of aryl methyl sites for hydroxylation is 1. The Balaban J connectivity index is 2.28. The maximum Gasteiger partial charge on any atom is 0.128 e. The summed E-state index contributed by atoms with van der Waals surface area (Å²) < 4.78 is 5.53. The first-order valence-electron chi connectivity index (χ1n) is 8.29. The summed E-state index contributed by atoms with van der Waals surface area (Å²) in [5.74, 6) is 1.12. The smallest absolute Gasteiger partial charge is 0.128 e. The molecule has 3 nitrogen and oxygen atoms in total. The molecule has 3 N–H and O–H groups in total. The molecular formula is C20H25ClN2O. The molecule has 1 aliphatic rings. The molecule has 24 heavy (non-hydrogen) atoms. The molecule has 0 fully saturated rings. The summed E-state index contributed by atoms with van der Waals surface area (Å²) >= 11 is 6.87. The van der Waals surface area contributed by atoms with Crippen molar-refractivity contribution in [2.75, 3.05) is 18.2 Å². The van der Waals surface area contributed by atoms with Gasteiger partial charge in [0.15, 0.2) is 0 Å². The fourth-order valence-electron chi connectivity index (χ4n) is 3.89. The van der Waals surface area contributed by atoms with Gasteiger partial charge in [-0.15, -0.1) is 0 Å². The number of hydrogen-bond acceptors (Lipinski definition) is 3. The van der Waals surface area contributed by atoms with E-state index in [0.29, 0.717) is 11.6 Å². The molecule has 1 unspecified atom stereocenters. The summed E-state index contributed by atoms with van der Waals surface area (Å²) in [6, 6.07) is 7.80. The van der Waals surface area contributed by atoms with E-state index in [9.17, 15) is 0 Å². The van der Waals surface area contributed by atoms with E-state index in [1.807, 2.05) is 18.2 Å². The monoisotopic (exact) mass is 344 g/mol. The Kier molecular flexibility index (Phi) is 4.16. The van der Waals surface area contributed by atoms with Gasteiger partial charge in [-0.25, -0.2) is 0 Å². The molecule has 4 heteroatoms. The van der Waals surface area contributed by atoms with Crippen molar-refractivity contribution in [2.45, 2.75) is 45.6 Å². The van der Waals surface area contributed by atoms with Crippen molar-refractivity contribution in [3.63, 3.8) is 0 Å². The van der Waals surface area contributed by atoms with Crippen molar-refractivity contribution in [3.05, 3.63) is 40.4 Å². The second kappa shape index (κ2) is 5.89. The van der Waals surface area contributed by atoms with E-state index >= 15 is 0 Å². The highest BCUT2D eigenvalue weighted by atomic mass is 35.5. The predicted molar refractivity (Wildman–Crippen MR) is 103 cm³/mol. The number of anilines is 2. The Morgan fingerprint density at radius 3 is 2.71 bits per heavy atom. The van der Waals surface area contributed by atoms with Gasteiger partial charge in [-0.2, -0.15) is 0 Å². The Morgan fingerprint density at radius 1 is 1.33 bits per heavy atom. The summed E-state index contributed by atoms with van der Waals surface area (Å²) in [6.07, 6.45) is 1.03. The summed E-state index contributed by atoms with van der Waals surface area (Å²) in [7, 11) is 1.66. The van der Waals surface area contributed by atoms with Crippen LogP contribution >= 0.6 is 11.6 Å². The fourth-order valence-corrected chi connectivity index (χ4v) is 4.32. The minimum absolute atomic E-state index is 0.0610. The molecule has 0 saturated heterocycles. The lowest BCUT2D eigenvalue weighted by molar-refractivity contribution is 0.416. The number of fused-ring (bicyclic) bond motifs is 1.